The largest absolute Gasteiger partial charge is 0.299 e. The Morgan fingerprint density at radius 2 is 1.81 bits per heavy atom. The highest BCUT2D eigenvalue weighted by Gasteiger charge is 2.07. The standard InChI is InChI=1S/C22H21ClN2O2/c1-2-5-20(26)13-16-6-3-7-17(12-16)15-25-22(27)11-10-21(24-25)18-8-4-9-19(23)14-18/h3-4,6-12,14H,2,5,13,15H2,1H3. The fraction of sp³-hybridized carbons (Fsp3) is 0.227. The van der Waals surface area contributed by atoms with E-state index in [1.807, 2.05) is 49.4 Å². The van der Waals surface area contributed by atoms with Crippen molar-refractivity contribution in [2.24, 2.45) is 0 Å². The molecule has 0 unspecified atom stereocenters. The van der Waals surface area contributed by atoms with Gasteiger partial charge in [-0.3, -0.25) is 9.59 Å². The zero-order valence-electron chi connectivity index (χ0n) is 15.2. The highest BCUT2D eigenvalue weighted by Crippen LogP contribution is 2.20. The molecule has 3 aromatic rings. The maximum absolute atomic E-state index is 12.2. The number of benzene rings is 2. The fourth-order valence-electron chi connectivity index (χ4n) is 2.97. The Morgan fingerprint density at radius 3 is 2.59 bits per heavy atom. The van der Waals surface area contributed by atoms with Crippen LogP contribution in [0.3, 0.4) is 0 Å². The van der Waals surface area contributed by atoms with E-state index in [4.69, 9.17) is 11.6 Å². The monoisotopic (exact) mass is 380 g/mol. The van der Waals surface area contributed by atoms with Gasteiger partial charge in [0.15, 0.2) is 0 Å². The molecule has 27 heavy (non-hydrogen) atoms. The molecule has 3 rings (SSSR count). The van der Waals surface area contributed by atoms with Crippen molar-refractivity contribution >= 4 is 17.4 Å². The normalized spacial score (nSPS) is 10.7. The summed E-state index contributed by atoms with van der Waals surface area (Å²) in [5, 5.41) is 5.10. The van der Waals surface area contributed by atoms with E-state index in [0.29, 0.717) is 30.1 Å². The zero-order chi connectivity index (χ0) is 19.2. The van der Waals surface area contributed by atoms with Crippen molar-refractivity contribution in [1.82, 2.24) is 9.78 Å². The number of Topliss-reactive ketones (excluding diaryl/α,β-unsaturated/α-hetero) is 1. The van der Waals surface area contributed by atoms with Crippen LogP contribution in [0.4, 0.5) is 0 Å². The number of ketones is 1. The van der Waals surface area contributed by atoms with Gasteiger partial charge in [-0.25, -0.2) is 4.68 Å². The van der Waals surface area contributed by atoms with Crippen molar-refractivity contribution in [3.8, 4) is 11.3 Å². The average Bonchev–Trinajstić information content (AvgIpc) is 2.64. The minimum absolute atomic E-state index is 0.173. The van der Waals surface area contributed by atoms with E-state index in [2.05, 4.69) is 5.10 Å². The quantitative estimate of drug-likeness (QED) is 0.605. The molecule has 0 amide bonds. The first kappa shape index (κ1) is 19.1. The number of hydrogen-bond acceptors (Lipinski definition) is 3. The molecule has 2 aromatic carbocycles. The molecule has 1 aromatic heterocycles. The van der Waals surface area contributed by atoms with Crippen LogP contribution in [0, 0.1) is 0 Å². The molecule has 0 spiro atoms. The number of halogens is 1. The third-order valence-corrected chi connectivity index (χ3v) is 4.48. The lowest BCUT2D eigenvalue weighted by Gasteiger charge is -2.09. The first-order valence-corrected chi connectivity index (χ1v) is 9.36. The second kappa shape index (κ2) is 8.78. The molecule has 0 atom stereocenters. The van der Waals surface area contributed by atoms with E-state index < -0.39 is 0 Å². The van der Waals surface area contributed by atoms with Crippen LogP contribution in [0.5, 0.6) is 0 Å². The van der Waals surface area contributed by atoms with Crippen molar-refractivity contribution in [2.45, 2.75) is 32.7 Å². The lowest BCUT2D eigenvalue weighted by atomic mass is 10.0. The fourth-order valence-corrected chi connectivity index (χ4v) is 3.16. The summed E-state index contributed by atoms with van der Waals surface area (Å²) in [4.78, 5) is 24.1. The van der Waals surface area contributed by atoms with Gasteiger partial charge in [0.2, 0.25) is 0 Å². The SMILES string of the molecule is CCCC(=O)Cc1cccc(Cn2nc(-c3cccc(Cl)c3)ccc2=O)c1. The molecule has 0 saturated heterocycles. The van der Waals surface area contributed by atoms with E-state index in [1.54, 1.807) is 12.1 Å². The van der Waals surface area contributed by atoms with Crippen LogP contribution in [-0.2, 0) is 17.8 Å². The number of hydrogen-bond donors (Lipinski definition) is 0. The van der Waals surface area contributed by atoms with Crippen LogP contribution in [0.25, 0.3) is 11.3 Å². The van der Waals surface area contributed by atoms with Crippen LogP contribution in [-0.4, -0.2) is 15.6 Å². The van der Waals surface area contributed by atoms with E-state index in [1.165, 1.54) is 10.7 Å². The maximum Gasteiger partial charge on any atom is 0.267 e. The molecule has 0 fully saturated rings. The van der Waals surface area contributed by atoms with Crippen molar-refractivity contribution in [3.63, 3.8) is 0 Å². The molecule has 4 nitrogen and oxygen atoms in total. The van der Waals surface area contributed by atoms with Crippen molar-refractivity contribution < 1.29 is 4.79 Å². The highest BCUT2D eigenvalue weighted by molar-refractivity contribution is 6.30. The topological polar surface area (TPSA) is 52.0 Å². The molecule has 0 N–H and O–H groups in total. The molecule has 0 aliphatic carbocycles. The van der Waals surface area contributed by atoms with Gasteiger partial charge in [-0.2, -0.15) is 5.10 Å². The molecule has 5 heteroatoms. The summed E-state index contributed by atoms with van der Waals surface area (Å²) in [5.74, 6) is 0.230. The molecule has 0 aliphatic rings. The minimum Gasteiger partial charge on any atom is -0.299 e. The second-order valence-electron chi connectivity index (χ2n) is 6.51. The second-order valence-corrected chi connectivity index (χ2v) is 6.95. The van der Waals surface area contributed by atoms with Gasteiger partial charge in [-0.05, 0) is 35.7 Å². The molecule has 0 bridgehead atoms. The van der Waals surface area contributed by atoms with Crippen LogP contribution in [0.15, 0.2) is 65.5 Å². The summed E-state index contributed by atoms with van der Waals surface area (Å²) in [6.07, 6.45) is 1.87. The lowest BCUT2D eigenvalue weighted by molar-refractivity contribution is -0.118. The predicted octanol–water partition coefficient (Wildman–Crippen LogP) is 4.52. The van der Waals surface area contributed by atoms with Gasteiger partial charge in [0.25, 0.3) is 5.56 Å². The Bertz CT molecular complexity index is 1010. The summed E-state index contributed by atoms with van der Waals surface area (Å²) in [6, 6.07) is 18.3. The van der Waals surface area contributed by atoms with Crippen LogP contribution < -0.4 is 5.56 Å². The molecular formula is C22H21ClN2O2. The maximum atomic E-state index is 12.2. The Morgan fingerprint density at radius 1 is 1.04 bits per heavy atom. The first-order chi connectivity index (χ1) is 13.0. The summed E-state index contributed by atoms with van der Waals surface area (Å²) >= 11 is 6.05. The number of rotatable bonds is 7. The van der Waals surface area contributed by atoms with Crippen molar-refractivity contribution in [2.75, 3.05) is 0 Å². The Kier molecular flexibility index (Phi) is 6.20. The highest BCUT2D eigenvalue weighted by atomic mass is 35.5. The summed E-state index contributed by atoms with van der Waals surface area (Å²) in [5.41, 5.74) is 3.27. The lowest BCUT2D eigenvalue weighted by Crippen LogP contribution is -2.22. The van der Waals surface area contributed by atoms with E-state index >= 15 is 0 Å². The molecule has 138 valence electrons. The van der Waals surface area contributed by atoms with Gasteiger partial charge in [-0.15, -0.1) is 0 Å². The number of nitrogens with zero attached hydrogens (tertiary/aromatic N) is 2. The van der Waals surface area contributed by atoms with E-state index in [-0.39, 0.29) is 11.3 Å². The van der Waals surface area contributed by atoms with Crippen molar-refractivity contribution in [3.05, 3.63) is 87.2 Å². The summed E-state index contributed by atoms with van der Waals surface area (Å²) in [6.45, 7) is 2.35. The molecule has 0 aliphatic heterocycles. The average molecular weight is 381 g/mol. The predicted molar refractivity (Wildman–Crippen MR) is 108 cm³/mol. The summed E-state index contributed by atoms with van der Waals surface area (Å²) < 4.78 is 1.43. The van der Waals surface area contributed by atoms with Crippen LogP contribution in [0.2, 0.25) is 5.02 Å². The Balaban J connectivity index is 1.84. The number of carbonyl (C=O) groups excluding carboxylic acids is 1. The van der Waals surface area contributed by atoms with Gasteiger partial charge in [0, 0.05) is 29.5 Å². The molecule has 0 radical (unpaired) electrons. The van der Waals surface area contributed by atoms with Gasteiger partial charge in [0.1, 0.15) is 5.78 Å². The smallest absolute Gasteiger partial charge is 0.267 e. The van der Waals surface area contributed by atoms with E-state index in [0.717, 1.165) is 23.1 Å². The minimum atomic E-state index is -0.173. The third-order valence-electron chi connectivity index (χ3n) is 4.24. The van der Waals surface area contributed by atoms with Crippen molar-refractivity contribution in [1.29, 1.82) is 0 Å². The summed E-state index contributed by atoms with van der Waals surface area (Å²) in [7, 11) is 0. The van der Waals surface area contributed by atoms with Gasteiger partial charge in [-0.1, -0.05) is 54.9 Å². The first-order valence-electron chi connectivity index (χ1n) is 8.99. The number of aromatic nitrogens is 2. The van der Waals surface area contributed by atoms with Gasteiger partial charge < -0.3 is 0 Å². The molecular weight excluding hydrogens is 360 g/mol. The van der Waals surface area contributed by atoms with Crippen LogP contribution >= 0.6 is 11.6 Å². The van der Waals surface area contributed by atoms with Gasteiger partial charge in [0.05, 0.1) is 12.2 Å². The Labute approximate surface area is 163 Å². The Hall–Kier alpha value is -2.72. The number of carbonyl (C=O) groups is 1. The third kappa shape index (κ3) is 5.14. The van der Waals surface area contributed by atoms with Gasteiger partial charge >= 0.3 is 0 Å². The van der Waals surface area contributed by atoms with Crippen LogP contribution in [0.1, 0.15) is 30.9 Å². The zero-order valence-corrected chi connectivity index (χ0v) is 15.9. The molecule has 0 saturated carbocycles. The van der Waals surface area contributed by atoms with E-state index in [9.17, 15) is 9.59 Å². The molecule has 1 heterocycles.